The summed E-state index contributed by atoms with van der Waals surface area (Å²) in [6.07, 6.45) is 0.860. The van der Waals surface area contributed by atoms with Gasteiger partial charge < -0.3 is 19.7 Å². The van der Waals surface area contributed by atoms with Crippen LogP contribution in [0.5, 0.6) is 5.75 Å². The number of nitrogens with zero attached hydrogens (tertiary/aromatic N) is 2. The minimum absolute atomic E-state index is 0.0169. The summed E-state index contributed by atoms with van der Waals surface area (Å²) >= 11 is 0. The zero-order valence-electron chi connectivity index (χ0n) is 17.9. The predicted molar refractivity (Wildman–Crippen MR) is 109 cm³/mol. The molecule has 1 heterocycles. The van der Waals surface area contributed by atoms with Crippen LogP contribution >= 0.6 is 0 Å². The average molecular weight is 402 g/mol. The lowest BCUT2D eigenvalue weighted by Gasteiger charge is -2.35. The third-order valence-electron chi connectivity index (χ3n) is 4.64. The zero-order chi connectivity index (χ0) is 21.6. The molecule has 1 atom stereocenters. The third-order valence-corrected chi connectivity index (χ3v) is 4.64. The van der Waals surface area contributed by atoms with E-state index in [0.717, 1.165) is 5.75 Å². The standard InChI is InChI=1S/C22H31N3O4/c1-15(2)19(24-21(27)29-22(3,4)5)20(26)25-12-10-18(11-13-25)28-17-8-6-16(14-23)7-9-17/h6-9,15,18-19H,10-13H2,1-5H3,(H,24,27)/t19-/m0/s1. The van der Waals surface area contributed by atoms with Gasteiger partial charge in [-0.25, -0.2) is 4.79 Å². The molecule has 0 spiro atoms. The Morgan fingerprint density at radius 2 is 1.76 bits per heavy atom. The van der Waals surface area contributed by atoms with Gasteiger partial charge in [-0.1, -0.05) is 13.8 Å². The first-order valence-corrected chi connectivity index (χ1v) is 10.0. The fourth-order valence-corrected chi connectivity index (χ4v) is 3.14. The van der Waals surface area contributed by atoms with Crippen LogP contribution in [-0.4, -0.2) is 47.7 Å². The van der Waals surface area contributed by atoms with E-state index in [0.29, 0.717) is 31.5 Å². The van der Waals surface area contributed by atoms with E-state index in [9.17, 15) is 9.59 Å². The molecule has 0 unspecified atom stereocenters. The van der Waals surface area contributed by atoms with Crippen LogP contribution in [0.15, 0.2) is 24.3 Å². The van der Waals surface area contributed by atoms with Crippen LogP contribution in [0, 0.1) is 17.2 Å². The van der Waals surface area contributed by atoms with E-state index in [1.165, 1.54) is 0 Å². The molecule has 0 saturated carbocycles. The van der Waals surface area contributed by atoms with Crippen molar-refractivity contribution in [1.82, 2.24) is 10.2 Å². The lowest BCUT2D eigenvalue weighted by molar-refractivity contribution is -0.136. The number of rotatable bonds is 5. The monoisotopic (exact) mass is 401 g/mol. The first kappa shape index (κ1) is 22.5. The average Bonchev–Trinajstić information content (AvgIpc) is 2.65. The Morgan fingerprint density at radius 3 is 2.24 bits per heavy atom. The van der Waals surface area contributed by atoms with Gasteiger partial charge in [0.15, 0.2) is 0 Å². The van der Waals surface area contributed by atoms with Crippen LogP contribution in [0.3, 0.4) is 0 Å². The Morgan fingerprint density at radius 1 is 1.17 bits per heavy atom. The van der Waals surface area contributed by atoms with Crippen molar-refractivity contribution in [3.63, 3.8) is 0 Å². The maximum absolute atomic E-state index is 13.0. The number of hydrogen-bond acceptors (Lipinski definition) is 5. The number of ether oxygens (including phenoxy) is 2. The number of alkyl carbamates (subject to hydrolysis) is 1. The topological polar surface area (TPSA) is 91.7 Å². The number of nitriles is 1. The number of carbonyl (C=O) groups is 2. The van der Waals surface area contributed by atoms with Gasteiger partial charge in [0.25, 0.3) is 0 Å². The molecule has 1 aromatic rings. The molecule has 1 N–H and O–H groups in total. The van der Waals surface area contributed by atoms with E-state index in [1.54, 1.807) is 49.9 Å². The van der Waals surface area contributed by atoms with Crippen molar-refractivity contribution in [3.8, 4) is 11.8 Å². The van der Waals surface area contributed by atoms with E-state index in [-0.39, 0.29) is 17.9 Å². The highest BCUT2D eigenvalue weighted by atomic mass is 16.6. The highest BCUT2D eigenvalue weighted by molar-refractivity contribution is 5.86. The van der Waals surface area contributed by atoms with Crippen LogP contribution in [-0.2, 0) is 9.53 Å². The van der Waals surface area contributed by atoms with E-state index < -0.39 is 17.7 Å². The molecule has 2 rings (SSSR count). The largest absolute Gasteiger partial charge is 0.490 e. The van der Waals surface area contributed by atoms with Crippen LogP contribution in [0.1, 0.15) is 53.0 Å². The molecule has 158 valence electrons. The Balaban J connectivity index is 1.89. The van der Waals surface area contributed by atoms with E-state index in [4.69, 9.17) is 14.7 Å². The van der Waals surface area contributed by atoms with Gasteiger partial charge in [0, 0.05) is 25.9 Å². The summed E-state index contributed by atoms with van der Waals surface area (Å²) in [6, 6.07) is 8.48. The smallest absolute Gasteiger partial charge is 0.408 e. The summed E-state index contributed by atoms with van der Waals surface area (Å²) in [6.45, 7) is 10.3. The minimum Gasteiger partial charge on any atom is -0.490 e. The number of carbonyl (C=O) groups excluding carboxylic acids is 2. The molecule has 2 amide bonds. The van der Waals surface area contributed by atoms with E-state index in [1.807, 2.05) is 13.8 Å². The molecule has 1 aliphatic heterocycles. The van der Waals surface area contributed by atoms with Gasteiger partial charge >= 0.3 is 6.09 Å². The molecule has 0 bridgehead atoms. The summed E-state index contributed by atoms with van der Waals surface area (Å²) in [5.74, 6) is 0.575. The summed E-state index contributed by atoms with van der Waals surface area (Å²) in [4.78, 5) is 26.9. The van der Waals surface area contributed by atoms with Crippen LogP contribution in [0.25, 0.3) is 0 Å². The Hall–Kier alpha value is -2.75. The first-order chi connectivity index (χ1) is 13.6. The van der Waals surface area contributed by atoms with Gasteiger partial charge in [0.1, 0.15) is 23.5 Å². The lowest BCUT2D eigenvalue weighted by atomic mass is 10.0. The summed E-state index contributed by atoms with van der Waals surface area (Å²) in [5.41, 5.74) is -0.0227. The molecule has 1 aromatic carbocycles. The SMILES string of the molecule is CC(C)[C@H](NC(=O)OC(C)(C)C)C(=O)N1CCC(Oc2ccc(C#N)cc2)CC1. The van der Waals surface area contributed by atoms with Gasteiger partial charge in [0.2, 0.25) is 5.91 Å². The Labute approximate surface area is 173 Å². The molecule has 1 fully saturated rings. The maximum Gasteiger partial charge on any atom is 0.408 e. The first-order valence-electron chi connectivity index (χ1n) is 10.0. The molecule has 29 heavy (non-hydrogen) atoms. The molecule has 0 aromatic heterocycles. The van der Waals surface area contributed by atoms with Crippen molar-refractivity contribution in [1.29, 1.82) is 5.26 Å². The maximum atomic E-state index is 13.0. The summed E-state index contributed by atoms with van der Waals surface area (Å²) in [7, 11) is 0. The second-order valence-electron chi connectivity index (χ2n) is 8.65. The van der Waals surface area contributed by atoms with Gasteiger partial charge in [-0.05, 0) is 51.0 Å². The van der Waals surface area contributed by atoms with Crippen molar-refractivity contribution in [2.24, 2.45) is 5.92 Å². The van der Waals surface area contributed by atoms with Crippen molar-refractivity contribution in [2.45, 2.75) is 65.2 Å². The highest BCUT2D eigenvalue weighted by Gasteiger charge is 2.32. The zero-order valence-corrected chi connectivity index (χ0v) is 17.9. The van der Waals surface area contributed by atoms with Gasteiger partial charge in [-0.15, -0.1) is 0 Å². The predicted octanol–water partition coefficient (Wildman–Crippen LogP) is 3.48. The van der Waals surface area contributed by atoms with Crippen molar-refractivity contribution < 1.29 is 19.1 Å². The second-order valence-corrected chi connectivity index (χ2v) is 8.65. The number of likely N-dealkylation sites (tertiary alicyclic amines) is 1. The lowest BCUT2D eigenvalue weighted by Crippen LogP contribution is -2.54. The van der Waals surface area contributed by atoms with Crippen molar-refractivity contribution in [3.05, 3.63) is 29.8 Å². The Bertz CT molecular complexity index is 739. The molecular formula is C22H31N3O4. The molecular weight excluding hydrogens is 370 g/mol. The number of nitrogens with one attached hydrogen (secondary N) is 1. The van der Waals surface area contributed by atoms with E-state index in [2.05, 4.69) is 11.4 Å². The van der Waals surface area contributed by atoms with E-state index >= 15 is 0 Å². The fraction of sp³-hybridized carbons (Fsp3) is 0.591. The van der Waals surface area contributed by atoms with Gasteiger partial charge in [-0.3, -0.25) is 4.79 Å². The number of piperidine rings is 1. The van der Waals surface area contributed by atoms with Crippen LogP contribution < -0.4 is 10.1 Å². The van der Waals surface area contributed by atoms with Crippen molar-refractivity contribution in [2.75, 3.05) is 13.1 Å². The Kier molecular flexibility index (Phi) is 7.49. The van der Waals surface area contributed by atoms with Crippen LogP contribution in [0.4, 0.5) is 4.79 Å². The van der Waals surface area contributed by atoms with Crippen molar-refractivity contribution >= 4 is 12.0 Å². The fourth-order valence-electron chi connectivity index (χ4n) is 3.14. The molecule has 1 aliphatic rings. The molecule has 0 radical (unpaired) electrons. The molecule has 7 heteroatoms. The number of amides is 2. The molecule has 1 saturated heterocycles. The summed E-state index contributed by atoms with van der Waals surface area (Å²) in [5, 5.41) is 11.6. The molecule has 0 aliphatic carbocycles. The molecule has 7 nitrogen and oxygen atoms in total. The van der Waals surface area contributed by atoms with Crippen LogP contribution in [0.2, 0.25) is 0 Å². The number of hydrogen-bond donors (Lipinski definition) is 1. The second kappa shape index (κ2) is 9.64. The normalized spacial score (nSPS) is 16.1. The van der Waals surface area contributed by atoms with Gasteiger partial charge in [0.05, 0.1) is 11.6 Å². The number of benzene rings is 1. The third kappa shape index (κ3) is 6.97. The quantitative estimate of drug-likeness (QED) is 0.816. The highest BCUT2D eigenvalue weighted by Crippen LogP contribution is 2.21. The minimum atomic E-state index is -0.624. The van der Waals surface area contributed by atoms with Gasteiger partial charge in [-0.2, -0.15) is 5.26 Å². The summed E-state index contributed by atoms with van der Waals surface area (Å²) < 4.78 is 11.3.